The van der Waals surface area contributed by atoms with Gasteiger partial charge >= 0.3 is 0 Å². The van der Waals surface area contributed by atoms with Gasteiger partial charge < -0.3 is 14.5 Å². The van der Waals surface area contributed by atoms with Gasteiger partial charge in [-0.05, 0) is 53.2 Å². The topological polar surface area (TPSA) is 77.2 Å². The maximum atomic E-state index is 13.0. The molecule has 1 N–H and O–H groups in total. The molecule has 0 radical (unpaired) electrons. The minimum Gasteiger partial charge on any atom is -0.496 e. The molecule has 0 fully saturated rings. The highest BCUT2D eigenvalue weighted by atomic mass is 16.5. The number of aromatic nitrogens is 2. The van der Waals surface area contributed by atoms with Gasteiger partial charge in [-0.25, -0.2) is 9.97 Å². The third kappa shape index (κ3) is 3.14. The number of pyridine rings is 1. The first-order valence-electron chi connectivity index (χ1n) is 9.42. The Morgan fingerprint density at radius 1 is 0.967 bits per heavy atom. The Balaban J connectivity index is 1.44. The Kier molecular flexibility index (Phi) is 4.37. The van der Waals surface area contributed by atoms with Gasteiger partial charge in [0.1, 0.15) is 11.3 Å². The fourth-order valence-corrected chi connectivity index (χ4v) is 3.44. The summed E-state index contributed by atoms with van der Waals surface area (Å²) in [6.07, 6.45) is 1.66. The number of benzene rings is 3. The minimum absolute atomic E-state index is 0.234. The van der Waals surface area contributed by atoms with Crippen molar-refractivity contribution in [3.8, 4) is 17.2 Å². The van der Waals surface area contributed by atoms with Gasteiger partial charge in [0.25, 0.3) is 5.91 Å². The van der Waals surface area contributed by atoms with Crippen molar-refractivity contribution in [2.75, 3.05) is 12.4 Å². The molecule has 0 unspecified atom stereocenters. The zero-order chi connectivity index (χ0) is 20.5. The van der Waals surface area contributed by atoms with Crippen LogP contribution in [-0.2, 0) is 0 Å². The summed E-state index contributed by atoms with van der Waals surface area (Å²) >= 11 is 0. The van der Waals surface area contributed by atoms with E-state index in [-0.39, 0.29) is 5.91 Å². The summed E-state index contributed by atoms with van der Waals surface area (Å²) in [6, 6.07) is 22.5. The number of hydrogen-bond acceptors (Lipinski definition) is 5. The molecular formula is C24H17N3O3. The second-order valence-corrected chi connectivity index (χ2v) is 6.74. The van der Waals surface area contributed by atoms with E-state index >= 15 is 0 Å². The number of carbonyl (C=O) groups is 1. The fourth-order valence-electron chi connectivity index (χ4n) is 3.44. The average Bonchev–Trinajstić information content (AvgIpc) is 3.23. The van der Waals surface area contributed by atoms with Crippen LogP contribution in [0.25, 0.3) is 33.5 Å². The van der Waals surface area contributed by atoms with Crippen LogP contribution in [0.1, 0.15) is 10.4 Å². The van der Waals surface area contributed by atoms with Crippen LogP contribution in [0.3, 0.4) is 0 Å². The molecule has 3 aromatic carbocycles. The van der Waals surface area contributed by atoms with Crippen molar-refractivity contribution in [1.29, 1.82) is 0 Å². The Labute approximate surface area is 172 Å². The molecular weight excluding hydrogens is 378 g/mol. The zero-order valence-corrected chi connectivity index (χ0v) is 16.1. The number of nitrogens with one attached hydrogen (secondary N) is 1. The quantitative estimate of drug-likeness (QED) is 0.447. The summed E-state index contributed by atoms with van der Waals surface area (Å²) in [6.45, 7) is 0. The highest BCUT2D eigenvalue weighted by Crippen LogP contribution is 2.29. The first-order chi connectivity index (χ1) is 14.7. The molecule has 2 aromatic heterocycles. The molecule has 0 aliphatic heterocycles. The monoisotopic (exact) mass is 395 g/mol. The molecule has 0 saturated heterocycles. The van der Waals surface area contributed by atoms with E-state index in [0.29, 0.717) is 34.1 Å². The molecule has 146 valence electrons. The lowest BCUT2D eigenvalue weighted by atomic mass is 10.0. The number of carbonyl (C=O) groups excluding carboxylic acids is 1. The first-order valence-corrected chi connectivity index (χ1v) is 9.42. The minimum atomic E-state index is -0.234. The molecule has 5 rings (SSSR count). The Hall–Kier alpha value is -4.19. The molecule has 0 aliphatic carbocycles. The molecule has 6 heteroatoms. The van der Waals surface area contributed by atoms with E-state index in [9.17, 15) is 4.79 Å². The smallest absolute Gasteiger partial charge is 0.260 e. The lowest BCUT2D eigenvalue weighted by Gasteiger charge is -2.12. The van der Waals surface area contributed by atoms with Crippen LogP contribution < -0.4 is 10.1 Å². The third-order valence-corrected chi connectivity index (χ3v) is 4.89. The van der Waals surface area contributed by atoms with Crippen LogP contribution in [0.4, 0.5) is 5.69 Å². The van der Waals surface area contributed by atoms with E-state index in [1.807, 2.05) is 72.8 Å². The lowest BCUT2D eigenvalue weighted by Crippen LogP contribution is -2.13. The number of amides is 1. The van der Waals surface area contributed by atoms with Crippen molar-refractivity contribution >= 4 is 33.6 Å². The van der Waals surface area contributed by atoms with Crippen LogP contribution in [0, 0.1) is 0 Å². The van der Waals surface area contributed by atoms with Gasteiger partial charge in [-0.15, -0.1) is 0 Å². The number of anilines is 1. The van der Waals surface area contributed by atoms with Gasteiger partial charge in [0.15, 0.2) is 0 Å². The summed E-state index contributed by atoms with van der Waals surface area (Å²) in [5.74, 6) is 0.779. The number of hydrogen-bond donors (Lipinski definition) is 1. The lowest BCUT2D eigenvalue weighted by molar-refractivity contribution is 0.102. The second-order valence-electron chi connectivity index (χ2n) is 6.74. The van der Waals surface area contributed by atoms with E-state index in [0.717, 1.165) is 16.3 Å². The van der Waals surface area contributed by atoms with E-state index in [1.54, 1.807) is 13.3 Å². The van der Waals surface area contributed by atoms with E-state index < -0.39 is 0 Å². The molecule has 2 heterocycles. The van der Waals surface area contributed by atoms with E-state index in [1.165, 1.54) is 0 Å². The van der Waals surface area contributed by atoms with E-state index in [4.69, 9.17) is 9.15 Å². The van der Waals surface area contributed by atoms with Gasteiger partial charge in [0, 0.05) is 17.4 Å². The summed E-state index contributed by atoms with van der Waals surface area (Å²) in [5.41, 5.74) is 3.16. The molecule has 0 saturated carbocycles. The van der Waals surface area contributed by atoms with Crippen LogP contribution in [0.5, 0.6) is 5.75 Å². The van der Waals surface area contributed by atoms with Crippen LogP contribution in [0.2, 0.25) is 0 Å². The highest BCUT2D eigenvalue weighted by Gasteiger charge is 2.17. The largest absolute Gasteiger partial charge is 0.496 e. The highest BCUT2D eigenvalue weighted by molar-refractivity contribution is 6.15. The van der Waals surface area contributed by atoms with Crippen molar-refractivity contribution < 1.29 is 13.9 Å². The number of oxazole rings is 1. The fraction of sp³-hybridized carbons (Fsp3) is 0.0417. The maximum absolute atomic E-state index is 13.0. The standard InChI is InChI=1S/C24H17N3O3/c1-29-20-13-10-15-5-2-3-6-18(15)21(20)22(28)26-17-11-8-16(9-12-17)23-27-19-7-4-14-25-24(19)30-23/h2-14H,1H3,(H,26,28). The molecule has 0 bridgehead atoms. The number of nitrogens with zero attached hydrogens (tertiary/aromatic N) is 2. The molecule has 30 heavy (non-hydrogen) atoms. The van der Waals surface area contributed by atoms with Crippen molar-refractivity contribution in [2.45, 2.75) is 0 Å². The molecule has 1 amide bonds. The first kappa shape index (κ1) is 17.9. The number of methoxy groups -OCH3 is 1. The molecule has 0 aliphatic rings. The molecule has 5 aromatic rings. The van der Waals surface area contributed by atoms with Gasteiger partial charge in [0.05, 0.1) is 12.7 Å². The van der Waals surface area contributed by atoms with Crippen LogP contribution in [0.15, 0.2) is 83.4 Å². The summed E-state index contributed by atoms with van der Waals surface area (Å²) in [7, 11) is 1.56. The predicted molar refractivity (Wildman–Crippen MR) is 116 cm³/mol. The SMILES string of the molecule is COc1ccc2ccccc2c1C(=O)Nc1ccc(-c2nc3cccnc3o2)cc1. The Bertz CT molecular complexity index is 1340. The molecule has 0 atom stereocenters. The van der Waals surface area contributed by atoms with Crippen LogP contribution >= 0.6 is 0 Å². The third-order valence-electron chi connectivity index (χ3n) is 4.89. The summed E-state index contributed by atoms with van der Waals surface area (Å²) < 4.78 is 11.1. The normalized spacial score (nSPS) is 11.0. The van der Waals surface area contributed by atoms with E-state index in [2.05, 4.69) is 15.3 Å². The summed E-state index contributed by atoms with van der Waals surface area (Å²) in [4.78, 5) is 21.7. The number of rotatable bonds is 4. The molecule has 6 nitrogen and oxygen atoms in total. The van der Waals surface area contributed by atoms with Crippen molar-refractivity contribution in [1.82, 2.24) is 9.97 Å². The van der Waals surface area contributed by atoms with Gasteiger partial charge in [-0.2, -0.15) is 0 Å². The average molecular weight is 395 g/mol. The summed E-state index contributed by atoms with van der Waals surface area (Å²) in [5, 5.41) is 4.76. The Morgan fingerprint density at radius 2 is 1.80 bits per heavy atom. The van der Waals surface area contributed by atoms with Crippen molar-refractivity contribution in [3.05, 3.63) is 84.6 Å². The van der Waals surface area contributed by atoms with Crippen molar-refractivity contribution in [2.24, 2.45) is 0 Å². The number of fused-ring (bicyclic) bond motifs is 2. The second kappa shape index (κ2) is 7.33. The Morgan fingerprint density at radius 3 is 2.60 bits per heavy atom. The maximum Gasteiger partial charge on any atom is 0.260 e. The zero-order valence-electron chi connectivity index (χ0n) is 16.1. The van der Waals surface area contributed by atoms with Gasteiger partial charge in [0.2, 0.25) is 11.6 Å². The van der Waals surface area contributed by atoms with Crippen molar-refractivity contribution in [3.63, 3.8) is 0 Å². The van der Waals surface area contributed by atoms with Crippen LogP contribution in [-0.4, -0.2) is 23.0 Å². The predicted octanol–water partition coefficient (Wildman–Crippen LogP) is 5.30. The number of ether oxygens (including phenoxy) is 1. The van der Waals surface area contributed by atoms with Gasteiger partial charge in [-0.3, -0.25) is 4.79 Å². The molecule has 0 spiro atoms. The van der Waals surface area contributed by atoms with Gasteiger partial charge in [-0.1, -0.05) is 30.3 Å².